The van der Waals surface area contributed by atoms with Crippen LogP contribution >= 0.6 is 0 Å². The van der Waals surface area contributed by atoms with Crippen LogP contribution in [0.1, 0.15) is 58.3 Å². The Labute approximate surface area is 149 Å². The highest BCUT2D eigenvalue weighted by molar-refractivity contribution is 5.67. The fourth-order valence-electron chi connectivity index (χ4n) is 5.13. The molecule has 0 aromatic carbocycles. The molecule has 0 saturated heterocycles. The largest absolute Gasteiger partial charge is 0.481 e. The van der Waals surface area contributed by atoms with E-state index in [2.05, 4.69) is 5.73 Å². The van der Waals surface area contributed by atoms with Crippen molar-refractivity contribution >= 4 is 5.97 Å². The van der Waals surface area contributed by atoms with Gasteiger partial charge in [-0.1, -0.05) is 24.5 Å². The lowest BCUT2D eigenvalue weighted by molar-refractivity contribution is -0.136. The van der Waals surface area contributed by atoms with Gasteiger partial charge in [-0.2, -0.15) is 0 Å². The number of aliphatic hydroxyl groups excluding tert-OH is 2. The number of aliphatic carboxylic acids is 1. The van der Waals surface area contributed by atoms with Crippen LogP contribution in [-0.2, 0) is 4.79 Å². The van der Waals surface area contributed by atoms with Crippen molar-refractivity contribution in [3.63, 3.8) is 0 Å². The van der Waals surface area contributed by atoms with Crippen LogP contribution in [0, 0.1) is 23.7 Å². The van der Waals surface area contributed by atoms with Gasteiger partial charge in [-0.15, -0.1) is 5.73 Å². The van der Waals surface area contributed by atoms with E-state index in [1.807, 2.05) is 13.0 Å². The van der Waals surface area contributed by atoms with E-state index in [4.69, 9.17) is 5.11 Å². The van der Waals surface area contributed by atoms with E-state index in [-0.39, 0.29) is 25.0 Å². The summed E-state index contributed by atoms with van der Waals surface area (Å²) in [5.41, 5.74) is 6.95. The van der Waals surface area contributed by atoms with Crippen LogP contribution in [0.25, 0.3) is 0 Å². The maximum atomic E-state index is 10.8. The van der Waals surface area contributed by atoms with Crippen LogP contribution in [0.4, 0.5) is 0 Å². The first kappa shape index (κ1) is 18.4. The Morgan fingerprint density at radius 2 is 2.00 bits per heavy atom. The minimum Gasteiger partial charge on any atom is -0.481 e. The maximum Gasteiger partial charge on any atom is 0.303 e. The van der Waals surface area contributed by atoms with Crippen molar-refractivity contribution in [3.05, 3.63) is 28.5 Å². The lowest BCUT2D eigenvalue weighted by Gasteiger charge is -2.34. The molecule has 0 spiro atoms. The molecule has 4 nitrogen and oxygen atoms in total. The molecule has 0 amide bonds. The first-order valence-corrected chi connectivity index (χ1v) is 9.67. The number of aliphatic hydroxyl groups is 2. The van der Waals surface area contributed by atoms with Crippen LogP contribution in [-0.4, -0.2) is 34.0 Å². The average molecular weight is 346 g/mol. The van der Waals surface area contributed by atoms with Crippen molar-refractivity contribution < 1.29 is 20.1 Å². The zero-order valence-corrected chi connectivity index (χ0v) is 15.1. The number of allylic oxidation sites excluding steroid dienone is 1. The first-order valence-electron chi connectivity index (χ1n) is 9.67. The number of hydrogen-bond donors (Lipinski definition) is 3. The summed E-state index contributed by atoms with van der Waals surface area (Å²) in [5, 5.41) is 29.1. The van der Waals surface area contributed by atoms with Crippen LogP contribution in [0.15, 0.2) is 28.5 Å². The highest BCUT2D eigenvalue weighted by Crippen LogP contribution is 2.56. The molecular weight excluding hydrogens is 316 g/mol. The molecule has 3 aliphatic rings. The van der Waals surface area contributed by atoms with E-state index >= 15 is 0 Å². The molecule has 138 valence electrons. The molecular formula is C21H30O4. The Hall–Kier alpha value is -1.35. The predicted molar refractivity (Wildman–Crippen MR) is 95.9 cm³/mol. The summed E-state index contributed by atoms with van der Waals surface area (Å²) in [4.78, 5) is 10.7. The normalized spacial score (nSPS) is 32.3. The Morgan fingerprint density at radius 3 is 2.64 bits per heavy atom. The van der Waals surface area contributed by atoms with Crippen molar-refractivity contribution in [2.24, 2.45) is 23.7 Å². The number of carboxylic acids is 1. The summed E-state index contributed by atoms with van der Waals surface area (Å²) >= 11 is 0. The molecule has 3 N–H and O–H groups in total. The molecule has 0 unspecified atom stereocenters. The van der Waals surface area contributed by atoms with Crippen LogP contribution in [0.2, 0.25) is 0 Å². The third kappa shape index (κ3) is 3.92. The maximum absolute atomic E-state index is 10.8. The van der Waals surface area contributed by atoms with Gasteiger partial charge in [0.05, 0.1) is 12.7 Å². The molecule has 3 fully saturated rings. The monoisotopic (exact) mass is 346 g/mol. The summed E-state index contributed by atoms with van der Waals surface area (Å²) in [7, 11) is 0. The second kappa shape index (κ2) is 7.90. The van der Waals surface area contributed by atoms with Crippen LogP contribution in [0.5, 0.6) is 0 Å². The fourth-order valence-corrected chi connectivity index (χ4v) is 5.13. The van der Waals surface area contributed by atoms with E-state index in [0.29, 0.717) is 24.2 Å². The molecule has 0 aliphatic heterocycles. The molecule has 4 heteroatoms. The second-order valence-corrected chi connectivity index (χ2v) is 8.00. The van der Waals surface area contributed by atoms with Gasteiger partial charge in [-0.05, 0) is 67.9 Å². The number of rotatable bonds is 6. The Bertz CT molecular complexity index is 605. The van der Waals surface area contributed by atoms with Crippen molar-refractivity contribution in [2.45, 2.75) is 64.4 Å². The van der Waals surface area contributed by atoms with Crippen LogP contribution in [0.3, 0.4) is 0 Å². The SMILES string of the molecule is CC(=C=C1C[C@H]2[C@@H](O)[C@H](/C(=C/CO)C3CCCC3)C[C@@H]12)CCC(=O)O. The third-order valence-corrected chi connectivity index (χ3v) is 6.45. The van der Waals surface area contributed by atoms with Gasteiger partial charge in [0.2, 0.25) is 0 Å². The first-order chi connectivity index (χ1) is 12.0. The van der Waals surface area contributed by atoms with Crippen molar-refractivity contribution in [1.29, 1.82) is 0 Å². The number of fused-ring (bicyclic) bond motifs is 1. The molecule has 0 aromatic rings. The molecule has 3 aliphatic carbocycles. The van der Waals surface area contributed by atoms with E-state index in [0.717, 1.165) is 18.4 Å². The van der Waals surface area contributed by atoms with Gasteiger partial charge in [0.25, 0.3) is 0 Å². The highest BCUT2D eigenvalue weighted by Gasteiger charge is 2.52. The predicted octanol–water partition coefficient (Wildman–Crippen LogP) is 3.45. The van der Waals surface area contributed by atoms with Gasteiger partial charge in [-0.25, -0.2) is 0 Å². The minimum atomic E-state index is -0.774. The Balaban J connectivity index is 1.72. The molecule has 25 heavy (non-hydrogen) atoms. The van der Waals surface area contributed by atoms with Gasteiger partial charge in [0.1, 0.15) is 0 Å². The van der Waals surface area contributed by atoms with Crippen molar-refractivity contribution in [2.75, 3.05) is 6.61 Å². The van der Waals surface area contributed by atoms with Gasteiger partial charge >= 0.3 is 5.97 Å². The second-order valence-electron chi connectivity index (χ2n) is 8.00. The van der Waals surface area contributed by atoms with Crippen molar-refractivity contribution in [3.8, 4) is 0 Å². The number of carboxylic acid groups (broad SMARTS) is 1. The van der Waals surface area contributed by atoms with Gasteiger partial charge in [0.15, 0.2) is 0 Å². The number of hydrogen-bond acceptors (Lipinski definition) is 3. The zero-order chi connectivity index (χ0) is 18.0. The van der Waals surface area contributed by atoms with Gasteiger partial charge in [-0.3, -0.25) is 4.79 Å². The molecule has 3 saturated carbocycles. The van der Waals surface area contributed by atoms with E-state index in [9.17, 15) is 15.0 Å². The van der Waals surface area contributed by atoms with E-state index < -0.39 is 5.97 Å². The third-order valence-electron chi connectivity index (χ3n) is 6.45. The zero-order valence-electron chi connectivity index (χ0n) is 15.1. The molecule has 0 aromatic heterocycles. The highest BCUT2D eigenvalue weighted by atomic mass is 16.4. The average Bonchev–Trinajstić information content (AvgIpc) is 3.16. The molecule has 0 bridgehead atoms. The Morgan fingerprint density at radius 1 is 1.28 bits per heavy atom. The molecule has 0 heterocycles. The summed E-state index contributed by atoms with van der Waals surface area (Å²) in [6, 6.07) is 0. The fraction of sp³-hybridized carbons (Fsp3) is 0.714. The molecule has 4 atom stereocenters. The smallest absolute Gasteiger partial charge is 0.303 e. The quantitative estimate of drug-likeness (QED) is 0.508. The summed E-state index contributed by atoms with van der Waals surface area (Å²) in [5.74, 6) is 0.615. The molecule has 3 rings (SSSR count). The Kier molecular flexibility index (Phi) is 5.83. The number of carbonyl (C=O) groups is 1. The standard InChI is InChI=1S/C21H30O4/c1-13(6-7-20(23)24)10-15-11-18-17(15)12-19(21(18)25)16(8-9-22)14-4-2-3-5-14/h8,14,17-19,21-22,25H,2-7,9,11-12H2,1H3,(H,23,24)/b16-8+/t10?,17-,18+,19-,21+/m0/s1. The summed E-state index contributed by atoms with van der Waals surface area (Å²) in [6.45, 7) is 2.00. The lowest BCUT2D eigenvalue weighted by Crippen LogP contribution is -2.32. The van der Waals surface area contributed by atoms with Gasteiger partial charge < -0.3 is 15.3 Å². The minimum absolute atomic E-state index is 0.0568. The summed E-state index contributed by atoms with van der Waals surface area (Å²) < 4.78 is 0. The van der Waals surface area contributed by atoms with Crippen molar-refractivity contribution in [1.82, 2.24) is 0 Å². The summed E-state index contributed by atoms with van der Waals surface area (Å²) in [6.07, 6.45) is 9.02. The van der Waals surface area contributed by atoms with E-state index in [1.54, 1.807) is 0 Å². The topological polar surface area (TPSA) is 77.8 Å². The van der Waals surface area contributed by atoms with Crippen LogP contribution < -0.4 is 0 Å². The van der Waals surface area contributed by atoms with Gasteiger partial charge in [0, 0.05) is 12.3 Å². The lowest BCUT2D eigenvalue weighted by atomic mass is 9.71. The molecule has 0 radical (unpaired) electrons. The van der Waals surface area contributed by atoms with E-state index in [1.165, 1.54) is 36.8 Å².